The van der Waals surface area contributed by atoms with E-state index in [1.54, 1.807) is 30.6 Å². The second-order valence-electron chi connectivity index (χ2n) is 6.02. The smallest absolute Gasteiger partial charge is 0.241 e. The molecular formula is C20H20N2O2S. The van der Waals surface area contributed by atoms with Gasteiger partial charge in [-0.3, -0.25) is 4.98 Å². The molecule has 1 N–H and O–H groups in total. The molecule has 1 aromatic heterocycles. The molecule has 25 heavy (non-hydrogen) atoms. The van der Waals surface area contributed by atoms with Gasteiger partial charge in [0.25, 0.3) is 0 Å². The molecule has 0 amide bonds. The summed E-state index contributed by atoms with van der Waals surface area (Å²) in [5, 5.41) is 0. The number of rotatable bonds is 5. The third-order valence-electron chi connectivity index (χ3n) is 4.03. The van der Waals surface area contributed by atoms with Crippen molar-refractivity contribution in [1.82, 2.24) is 9.71 Å². The monoisotopic (exact) mass is 352 g/mol. The van der Waals surface area contributed by atoms with E-state index in [1.807, 2.05) is 56.3 Å². The Morgan fingerprint density at radius 3 is 2.36 bits per heavy atom. The zero-order valence-electron chi connectivity index (χ0n) is 14.2. The molecule has 0 aliphatic rings. The van der Waals surface area contributed by atoms with Crippen LogP contribution < -0.4 is 4.72 Å². The van der Waals surface area contributed by atoms with Crippen LogP contribution in [0.4, 0.5) is 0 Å². The first kappa shape index (κ1) is 17.3. The van der Waals surface area contributed by atoms with Gasteiger partial charge in [0, 0.05) is 18.4 Å². The van der Waals surface area contributed by atoms with Gasteiger partial charge in [0.05, 0.1) is 4.90 Å². The lowest BCUT2D eigenvalue weighted by Gasteiger charge is -2.16. The molecule has 128 valence electrons. The highest BCUT2D eigenvalue weighted by Gasteiger charge is 2.18. The molecule has 1 atom stereocenters. The zero-order valence-corrected chi connectivity index (χ0v) is 15.0. The molecule has 0 aliphatic carbocycles. The predicted molar refractivity (Wildman–Crippen MR) is 99.6 cm³/mol. The van der Waals surface area contributed by atoms with E-state index in [-0.39, 0.29) is 10.9 Å². The van der Waals surface area contributed by atoms with Gasteiger partial charge in [0.1, 0.15) is 0 Å². The number of nitrogens with zero attached hydrogens (tertiary/aromatic N) is 1. The molecule has 0 bridgehead atoms. The van der Waals surface area contributed by atoms with Crippen molar-refractivity contribution in [1.29, 1.82) is 0 Å². The number of aromatic nitrogens is 1. The van der Waals surface area contributed by atoms with Gasteiger partial charge in [0.15, 0.2) is 0 Å². The third kappa shape index (κ3) is 4.13. The summed E-state index contributed by atoms with van der Waals surface area (Å²) in [5.74, 6) is 0. The lowest BCUT2D eigenvalue weighted by atomic mass is 10.0. The number of benzene rings is 2. The van der Waals surface area contributed by atoms with Crippen molar-refractivity contribution in [2.45, 2.75) is 24.8 Å². The minimum atomic E-state index is -3.57. The molecule has 2 aromatic carbocycles. The summed E-state index contributed by atoms with van der Waals surface area (Å²) in [4.78, 5) is 4.31. The summed E-state index contributed by atoms with van der Waals surface area (Å²) in [6.07, 6.45) is 3.48. The first-order chi connectivity index (χ1) is 12.0. The SMILES string of the molecule is Cc1cccc(S(=O)(=O)N[C@H](C)c2cccc(-c3ccncc3)c2)c1. The first-order valence-electron chi connectivity index (χ1n) is 8.05. The molecule has 5 heteroatoms. The van der Waals surface area contributed by atoms with Gasteiger partial charge in [0.2, 0.25) is 10.0 Å². The van der Waals surface area contributed by atoms with E-state index in [0.717, 1.165) is 22.3 Å². The van der Waals surface area contributed by atoms with Crippen LogP contribution in [0.1, 0.15) is 24.1 Å². The lowest BCUT2D eigenvalue weighted by Crippen LogP contribution is -2.27. The molecule has 3 rings (SSSR count). The van der Waals surface area contributed by atoms with E-state index >= 15 is 0 Å². The zero-order chi connectivity index (χ0) is 17.9. The van der Waals surface area contributed by atoms with Gasteiger partial charge in [-0.2, -0.15) is 0 Å². The van der Waals surface area contributed by atoms with Crippen molar-refractivity contribution in [2.75, 3.05) is 0 Å². The largest absolute Gasteiger partial charge is 0.265 e. The molecule has 0 radical (unpaired) electrons. The van der Waals surface area contributed by atoms with E-state index in [0.29, 0.717) is 0 Å². The van der Waals surface area contributed by atoms with E-state index in [2.05, 4.69) is 9.71 Å². The Balaban J connectivity index is 1.85. The number of nitrogens with one attached hydrogen (secondary N) is 1. The molecule has 0 spiro atoms. The van der Waals surface area contributed by atoms with Crippen LogP contribution in [0.5, 0.6) is 0 Å². The number of sulfonamides is 1. The average molecular weight is 352 g/mol. The highest BCUT2D eigenvalue weighted by atomic mass is 32.2. The standard InChI is InChI=1S/C20H20N2O2S/c1-15-5-3-8-20(13-15)25(23,24)22-16(2)18-6-4-7-19(14-18)17-9-11-21-12-10-17/h3-14,16,22H,1-2H3/t16-/m1/s1. The fourth-order valence-corrected chi connectivity index (χ4v) is 4.02. The van der Waals surface area contributed by atoms with E-state index in [9.17, 15) is 8.42 Å². The van der Waals surface area contributed by atoms with Crippen molar-refractivity contribution in [3.05, 3.63) is 84.2 Å². The summed E-state index contributed by atoms with van der Waals surface area (Å²) in [5.41, 5.74) is 3.90. The van der Waals surface area contributed by atoms with Crippen LogP contribution in [0, 0.1) is 6.92 Å². The Kier molecular flexibility index (Phi) is 4.97. The highest BCUT2D eigenvalue weighted by molar-refractivity contribution is 7.89. The van der Waals surface area contributed by atoms with Crippen molar-refractivity contribution >= 4 is 10.0 Å². The predicted octanol–water partition coefficient (Wildman–Crippen LogP) is 4.10. The van der Waals surface area contributed by atoms with Crippen molar-refractivity contribution in [2.24, 2.45) is 0 Å². The minimum Gasteiger partial charge on any atom is -0.265 e. The van der Waals surface area contributed by atoms with Gasteiger partial charge in [-0.15, -0.1) is 0 Å². The van der Waals surface area contributed by atoms with Crippen molar-refractivity contribution in [3.63, 3.8) is 0 Å². The Hall–Kier alpha value is -2.50. The highest BCUT2D eigenvalue weighted by Crippen LogP contribution is 2.24. The van der Waals surface area contributed by atoms with Crippen molar-refractivity contribution < 1.29 is 8.42 Å². The number of aryl methyl sites for hydroxylation is 1. The molecule has 0 aliphatic heterocycles. The van der Waals surface area contributed by atoms with Gasteiger partial charge in [-0.1, -0.05) is 30.3 Å². The minimum absolute atomic E-state index is 0.282. The summed E-state index contributed by atoms with van der Waals surface area (Å²) >= 11 is 0. The fourth-order valence-electron chi connectivity index (χ4n) is 2.68. The second kappa shape index (κ2) is 7.17. The molecule has 4 nitrogen and oxygen atoms in total. The topological polar surface area (TPSA) is 59.1 Å². The molecule has 3 aromatic rings. The summed E-state index contributed by atoms with van der Waals surface area (Å²) < 4.78 is 28.0. The average Bonchev–Trinajstić information content (AvgIpc) is 2.62. The maximum Gasteiger partial charge on any atom is 0.241 e. The maximum absolute atomic E-state index is 12.6. The van der Waals surface area contributed by atoms with Gasteiger partial charge in [-0.05, 0) is 66.4 Å². The van der Waals surface area contributed by atoms with Crippen LogP contribution in [-0.2, 0) is 10.0 Å². The number of hydrogen-bond acceptors (Lipinski definition) is 3. The van der Waals surface area contributed by atoms with Crippen LogP contribution in [-0.4, -0.2) is 13.4 Å². The Morgan fingerprint density at radius 2 is 1.64 bits per heavy atom. The van der Waals surface area contributed by atoms with Gasteiger partial charge >= 0.3 is 0 Å². The van der Waals surface area contributed by atoms with Crippen LogP contribution >= 0.6 is 0 Å². The summed E-state index contributed by atoms with van der Waals surface area (Å²) in [7, 11) is -3.57. The van der Waals surface area contributed by atoms with E-state index in [1.165, 1.54) is 0 Å². The fraction of sp³-hybridized carbons (Fsp3) is 0.150. The maximum atomic E-state index is 12.6. The Bertz CT molecular complexity index is 970. The third-order valence-corrected chi connectivity index (χ3v) is 5.57. The van der Waals surface area contributed by atoms with Crippen molar-refractivity contribution in [3.8, 4) is 11.1 Å². The molecule has 0 unspecified atom stereocenters. The molecule has 0 fully saturated rings. The van der Waals surface area contributed by atoms with Crippen LogP contribution in [0.3, 0.4) is 0 Å². The van der Waals surface area contributed by atoms with Crippen LogP contribution in [0.15, 0.2) is 78.0 Å². The molecular weight excluding hydrogens is 332 g/mol. The Labute approximate surface area is 148 Å². The molecule has 1 heterocycles. The van der Waals surface area contributed by atoms with Gasteiger partial charge in [-0.25, -0.2) is 13.1 Å². The van der Waals surface area contributed by atoms with E-state index in [4.69, 9.17) is 0 Å². The lowest BCUT2D eigenvalue weighted by molar-refractivity contribution is 0.567. The second-order valence-corrected chi connectivity index (χ2v) is 7.73. The normalized spacial score (nSPS) is 12.7. The quantitative estimate of drug-likeness (QED) is 0.752. The number of hydrogen-bond donors (Lipinski definition) is 1. The summed E-state index contributed by atoms with van der Waals surface area (Å²) in [6.45, 7) is 3.72. The van der Waals surface area contributed by atoms with E-state index < -0.39 is 10.0 Å². The Morgan fingerprint density at radius 1 is 0.920 bits per heavy atom. The summed E-state index contributed by atoms with van der Waals surface area (Å²) in [6, 6.07) is 18.3. The molecule has 0 saturated heterocycles. The van der Waals surface area contributed by atoms with Crippen LogP contribution in [0.25, 0.3) is 11.1 Å². The van der Waals surface area contributed by atoms with Crippen LogP contribution in [0.2, 0.25) is 0 Å². The molecule has 0 saturated carbocycles. The van der Waals surface area contributed by atoms with Gasteiger partial charge < -0.3 is 0 Å². The number of pyridine rings is 1. The first-order valence-corrected chi connectivity index (χ1v) is 9.53.